The number of thioether (sulfide) groups is 1. The largest absolute Gasteiger partial charge is 0.358 e. The maximum Gasteiger partial charge on any atom is 0.270 e. The minimum Gasteiger partial charge on any atom is -0.358 e. The summed E-state index contributed by atoms with van der Waals surface area (Å²) in [5.41, 5.74) is 1.08. The van der Waals surface area contributed by atoms with Crippen LogP contribution in [0.4, 0.5) is 5.82 Å². The predicted octanol–water partition coefficient (Wildman–Crippen LogP) is 3.28. The zero-order valence-corrected chi connectivity index (χ0v) is 18.2. The molecule has 0 unspecified atom stereocenters. The van der Waals surface area contributed by atoms with Crippen molar-refractivity contribution < 1.29 is 4.79 Å². The highest BCUT2D eigenvalue weighted by molar-refractivity contribution is 8.26. The van der Waals surface area contributed by atoms with Gasteiger partial charge in [-0.05, 0) is 39.3 Å². The van der Waals surface area contributed by atoms with Crippen molar-refractivity contribution >= 4 is 46.1 Å². The van der Waals surface area contributed by atoms with E-state index in [0.29, 0.717) is 46.5 Å². The Labute approximate surface area is 175 Å². The van der Waals surface area contributed by atoms with E-state index in [0.717, 1.165) is 5.82 Å². The molecule has 8 heteroatoms. The van der Waals surface area contributed by atoms with Crippen molar-refractivity contribution in [2.24, 2.45) is 0 Å². The first kappa shape index (κ1) is 21.9. The molecule has 0 saturated carbocycles. The topological polar surface area (TPSA) is 69.3 Å². The molecule has 2 heterocycles. The zero-order valence-electron chi connectivity index (χ0n) is 16.6. The Hall–Kier alpha value is -2.37. The summed E-state index contributed by atoms with van der Waals surface area (Å²) in [5.74, 6) is 0.538. The summed E-state index contributed by atoms with van der Waals surface area (Å²) in [4.78, 5) is 29.6. The van der Waals surface area contributed by atoms with Gasteiger partial charge in [0.2, 0.25) is 0 Å². The van der Waals surface area contributed by atoms with Crippen LogP contribution in [0.2, 0.25) is 0 Å². The van der Waals surface area contributed by atoms with E-state index < -0.39 is 0 Å². The Bertz CT molecular complexity index is 952. The molecule has 0 spiro atoms. The molecule has 1 fully saturated rings. The maximum absolute atomic E-state index is 12.8. The molecule has 1 aliphatic rings. The Kier molecular flexibility index (Phi) is 7.22. The number of nitrogens with zero attached hydrogens (tertiary/aromatic N) is 4. The molecule has 1 amide bonds. The van der Waals surface area contributed by atoms with Gasteiger partial charge in [0, 0.05) is 31.7 Å². The number of hydrogen-bond acceptors (Lipinski definition) is 6. The second-order valence-corrected chi connectivity index (χ2v) is 7.83. The van der Waals surface area contributed by atoms with Crippen LogP contribution in [0.25, 0.3) is 6.08 Å². The average molecular weight is 417 g/mol. The summed E-state index contributed by atoms with van der Waals surface area (Å²) < 4.78 is 2.08. The van der Waals surface area contributed by atoms with Crippen LogP contribution in [0.5, 0.6) is 0 Å². The van der Waals surface area contributed by atoms with Gasteiger partial charge in [0.05, 0.1) is 4.91 Å². The summed E-state index contributed by atoms with van der Waals surface area (Å²) >= 11 is 6.54. The average Bonchev–Trinajstić information content (AvgIpc) is 2.94. The molecule has 0 atom stereocenters. The molecule has 1 aromatic rings. The molecule has 1 saturated heterocycles. The number of carbonyl (C=O) groups is 1. The first-order valence-corrected chi connectivity index (χ1v) is 10.4. The lowest BCUT2D eigenvalue weighted by molar-refractivity contribution is -0.121. The molecule has 148 valence electrons. The highest BCUT2D eigenvalue weighted by atomic mass is 32.2. The molecular formula is C20H24N4O2S2. The second kappa shape index (κ2) is 9.22. The van der Waals surface area contributed by atoms with Gasteiger partial charge in [-0.1, -0.05) is 30.1 Å². The van der Waals surface area contributed by atoms with E-state index in [1.54, 1.807) is 23.6 Å². The van der Waals surface area contributed by atoms with Crippen molar-refractivity contribution in [3.8, 4) is 6.07 Å². The lowest BCUT2D eigenvalue weighted by Gasteiger charge is -2.28. The minimum absolute atomic E-state index is 0.102. The van der Waals surface area contributed by atoms with Gasteiger partial charge in [0.25, 0.3) is 11.5 Å². The van der Waals surface area contributed by atoms with E-state index in [9.17, 15) is 14.9 Å². The van der Waals surface area contributed by atoms with Crippen LogP contribution in [0, 0.1) is 18.3 Å². The highest BCUT2D eigenvalue weighted by Crippen LogP contribution is 2.35. The van der Waals surface area contributed by atoms with Gasteiger partial charge < -0.3 is 4.90 Å². The molecule has 0 N–H and O–H groups in total. The fourth-order valence-corrected chi connectivity index (χ4v) is 4.48. The van der Waals surface area contributed by atoms with E-state index >= 15 is 0 Å². The molecule has 28 heavy (non-hydrogen) atoms. The van der Waals surface area contributed by atoms with Crippen molar-refractivity contribution in [2.75, 3.05) is 24.5 Å². The number of rotatable bonds is 7. The van der Waals surface area contributed by atoms with Crippen molar-refractivity contribution in [1.82, 2.24) is 9.47 Å². The highest BCUT2D eigenvalue weighted by Gasteiger charge is 2.32. The fraction of sp³-hybridized carbons (Fsp3) is 0.400. The molecule has 1 aliphatic heterocycles. The second-order valence-electron chi connectivity index (χ2n) is 6.15. The standard InChI is InChI=1S/C20H24N4O2S2/c1-6-10-24-19(26)16(28-20(24)27)11-14-13(5)15(12-21)18(25)23(9-4)17(14)22(7-2)8-3/h6,11H,1,7-10H2,2-5H3/b16-11-. The van der Waals surface area contributed by atoms with Gasteiger partial charge in [-0.15, -0.1) is 6.58 Å². The van der Waals surface area contributed by atoms with Crippen molar-refractivity contribution in [3.63, 3.8) is 0 Å². The van der Waals surface area contributed by atoms with Crippen LogP contribution in [-0.2, 0) is 11.3 Å². The summed E-state index contributed by atoms with van der Waals surface area (Å²) in [7, 11) is 0. The molecule has 2 rings (SSSR count). The van der Waals surface area contributed by atoms with Crippen LogP contribution >= 0.6 is 24.0 Å². The maximum atomic E-state index is 12.8. The van der Waals surface area contributed by atoms with Crippen molar-refractivity contribution in [1.29, 1.82) is 5.26 Å². The van der Waals surface area contributed by atoms with Gasteiger partial charge in [-0.2, -0.15) is 5.26 Å². The molecule has 0 bridgehead atoms. The Morgan fingerprint density at radius 1 is 1.29 bits per heavy atom. The predicted molar refractivity (Wildman–Crippen MR) is 119 cm³/mol. The van der Waals surface area contributed by atoms with E-state index in [1.807, 2.05) is 26.8 Å². The number of hydrogen-bond donors (Lipinski definition) is 0. The third-order valence-electron chi connectivity index (χ3n) is 4.69. The van der Waals surface area contributed by atoms with E-state index in [2.05, 4.69) is 11.5 Å². The molecule has 0 radical (unpaired) electrons. The van der Waals surface area contributed by atoms with Gasteiger partial charge in [-0.25, -0.2) is 0 Å². The van der Waals surface area contributed by atoms with Crippen molar-refractivity contribution in [2.45, 2.75) is 34.2 Å². The summed E-state index contributed by atoms with van der Waals surface area (Å²) in [6.07, 6.45) is 3.39. The first-order valence-electron chi connectivity index (χ1n) is 9.14. The summed E-state index contributed by atoms with van der Waals surface area (Å²) in [5, 5.41) is 9.54. The number of anilines is 1. The lowest BCUT2D eigenvalue weighted by Crippen LogP contribution is -2.34. The van der Waals surface area contributed by atoms with Crippen molar-refractivity contribution in [3.05, 3.63) is 44.6 Å². The molecule has 6 nitrogen and oxygen atoms in total. The van der Waals surface area contributed by atoms with Crippen LogP contribution in [0.3, 0.4) is 0 Å². The lowest BCUT2D eigenvalue weighted by atomic mass is 10.0. The third-order valence-corrected chi connectivity index (χ3v) is 6.06. The van der Waals surface area contributed by atoms with Crippen LogP contribution in [0.1, 0.15) is 37.5 Å². The van der Waals surface area contributed by atoms with Gasteiger partial charge in [-0.3, -0.25) is 19.1 Å². The molecule has 0 aromatic carbocycles. The van der Waals surface area contributed by atoms with Gasteiger partial charge in [0.15, 0.2) is 0 Å². The first-order chi connectivity index (χ1) is 13.4. The number of carbonyl (C=O) groups excluding carboxylic acids is 1. The number of amides is 1. The monoisotopic (exact) mass is 416 g/mol. The third kappa shape index (κ3) is 3.77. The quantitative estimate of drug-likeness (QED) is 0.386. The molecular weight excluding hydrogens is 392 g/mol. The Balaban J connectivity index is 2.81. The number of aromatic nitrogens is 1. The number of thiocarbonyl (C=S) groups is 1. The van der Waals surface area contributed by atoms with Crippen LogP contribution in [-0.4, -0.2) is 39.3 Å². The smallest absolute Gasteiger partial charge is 0.270 e. The fourth-order valence-electron chi connectivity index (χ4n) is 3.22. The molecule has 1 aromatic heterocycles. The van der Waals surface area contributed by atoms with Crippen LogP contribution < -0.4 is 10.5 Å². The van der Waals surface area contributed by atoms with Crippen LogP contribution in [0.15, 0.2) is 22.4 Å². The zero-order chi connectivity index (χ0) is 21.0. The van der Waals surface area contributed by atoms with E-state index in [4.69, 9.17) is 12.2 Å². The Morgan fingerprint density at radius 2 is 1.93 bits per heavy atom. The SMILES string of the molecule is C=CCN1C(=O)/C(=C/c2c(C)c(C#N)c(=O)n(CC)c2N(CC)CC)SC1=S. The number of pyridine rings is 1. The minimum atomic E-state index is -0.305. The molecule has 0 aliphatic carbocycles. The number of nitriles is 1. The van der Waals surface area contributed by atoms with Gasteiger partial charge >= 0.3 is 0 Å². The van der Waals surface area contributed by atoms with Gasteiger partial charge in [0.1, 0.15) is 21.8 Å². The van der Waals surface area contributed by atoms with E-state index in [1.165, 1.54) is 16.7 Å². The Morgan fingerprint density at radius 3 is 2.43 bits per heavy atom. The normalized spacial score (nSPS) is 15.2. The van der Waals surface area contributed by atoms with E-state index in [-0.39, 0.29) is 17.0 Å². The summed E-state index contributed by atoms with van der Waals surface area (Å²) in [6.45, 7) is 13.5. The summed E-state index contributed by atoms with van der Waals surface area (Å²) in [6, 6.07) is 2.03.